The van der Waals surface area contributed by atoms with Crippen LogP contribution < -0.4 is 5.73 Å². The molecule has 0 saturated carbocycles. The molecule has 2 saturated heterocycles. The first-order valence-electron chi connectivity index (χ1n) is 7.62. The van der Waals surface area contributed by atoms with Crippen LogP contribution in [0, 0.1) is 5.82 Å². The van der Waals surface area contributed by atoms with Crippen molar-refractivity contribution in [2.45, 2.75) is 24.5 Å². The number of hydrogen-bond acceptors (Lipinski definition) is 4. The van der Waals surface area contributed by atoms with Crippen LogP contribution in [0.5, 0.6) is 0 Å². The molecule has 2 fully saturated rings. The van der Waals surface area contributed by atoms with Gasteiger partial charge in [-0.05, 0) is 18.9 Å². The molecule has 0 aromatic heterocycles. The van der Waals surface area contributed by atoms with E-state index in [2.05, 4.69) is 0 Å². The van der Waals surface area contributed by atoms with Crippen molar-refractivity contribution in [3.8, 4) is 0 Å². The molecule has 1 atom stereocenters. The third kappa shape index (κ3) is 2.99. The van der Waals surface area contributed by atoms with Crippen molar-refractivity contribution >= 4 is 5.91 Å². The Morgan fingerprint density at radius 1 is 1.27 bits per heavy atom. The van der Waals surface area contributed by atoms with Gasteiger partial charge in [0.05, 0.1) is 18.7 Å². The maximum atomic E-state index is 13.9. The Hall–Kier alpha value is -1.50. The van der Waals surface area contributed by atoms with Gasteiger partial charge in [0.25, 0.3) is 0 Å². The van der Waals surface area contributed by atoms with E-state index in [-0.39, 0.29) is 11.7 Å². The molecule has 1 amide bonds. The van der Waals surface area contributed by atoms with E-state index in [4.69, 9.17) is 15.2 Å². The van der Waals surface area contributed by atoms with Gasteiger partial charge < -0.3 is 20.1 Å². The molecule has 0 bridgehead atoms. The van der Waals surface area contributed by atoms with Crippen LogP contribution >= 0.6 is 0 Å². The summed E-state index contributed by atoms with van der Waals surface area (Å²) >= 11 is 0. The standard InChI is InChI=1S/C16H21FN2O3/c17-13-4-2-1-3-12(13)14-11-19(7-10-22-14)15(20)16(18)5-8-21-9-6-16/h1-4,14H,5-11,18H2. The number of benzene rings is 1. The topological polar surface area (TPSA) is 64.8 Å². The molecule has 3 rings (SSSR count). The molecule has 0 radical (unpaired) electrons. The Balaban J connectivity index is 1.73. The van der Waals surface area contributed by atoms with Gasteiger partial charge in [-0.2, -0.15) is 0 Å². The number of carbonyl (C=O) groups excluding carboxylic acids is 1. The zero-order chi connectivity index (χ0) is 15.6. The van der Waals surface area contributed by atoms with Crippen LogP contribution in [0.3, 0.4) is 0 Å². The molecule has 1 aromatic rings. The fraction of sp³-hybridized carbons (Fsp3) is 0.562. The third-order valence-electron chi connectivity index (χ3n) is 4.42. The Bertz CT molecular complexity index is 546. The molecule has 2 aliphatic heterocycles. The molecule has 1 unspecified atom stereocenters. The van der Waals surface area contributed by atoms with Crippen LogP contribution in [0.2, 0.25) is 0 Å². The van der Waals surface area contributed by atoms with Gasteiger partial charge in [-0.3, -0.25) is 4.79 Å². The quantitative estimate of drug-likeness (QED) is 0.892. The number of amides is 1. The third-order valence-corrected chi connectivity index (χ3v) is 4.42. The summed E-state index contributed by atoms with van der Waals surface area (Å²) in [5.74, 6) is -0.393. The fourth-order valence-electron chi connectivity index (χ4n) is 3.02. The Labute approximate surface area is 129 Å². The second-order valence-electron chi connectivity index (χ2n) is 5.90. The van der Waals surface area contributed by atoms with E-state index < -0.39 is 11.6 Å². The highest BCUT2D eigenvalue weighted by atomic mass is 19.1. The van der Waals surface area contributed by atoms with E-state index in [1.807, 2.05) is 0 Å². The van der Waals surface area contributed by atoms with Crippen molar-refractivity contribution in [1.29, 1.82) is 0 Å². The van der Waals surface area contributed by atoms with Crippen molar-refractivity contribution in [1.82, 2.24) is 4.90 Å². The Morgan fingerprint density at radius 2 is 2.00 bits per heavy atom. The van der Waals surface area contributed by atoms with Crippen LogP contribution in [0.1, 0.15) is 24.5 Å². The van der Waals surface area contributed by atoms with E-state index in [1.54, 1.807) is 23.1 Å². The summed E-state index contributed by atoms with van der Waals surface area (Å²) in [5, 5.41) is 0. The highest BCUT2D eigenvalue weighted by Crippen LogP contribution is 2.27. The normalized spacial score (nSPS) is 25.0. The van der Waals surface area contributed by atoms with Crippen LogP contribution in [0.25, 0.3) is 0 Å². The molecular formula is C16H21FN2O3. The molecule has 0 aliphatic carbocycles. The van der Waals surface area contributed by atoms with Crippen molar-refractivity contribution in [2.24, 2.45) is 5.73 Å². The number of rotatable bonds is 2. The first kappa shape index (κ1) is 15.4. The summed E-state index contributed by atoms with van der Waals surface area (Å²) < 4.78 is 24.8. The largest absolute Gasteiger partial charge is 0.381 e. The molecule has 1 aromatic carbocycles. The van der Waals surface area contributed by atoms with E-state index in [0.717, 1.165) is 0 Å². The minimum atomic E-state index is -0.866. The summed E-state index contributed by atoms with van der Waals surface area (Å²) in [6.07, 6.45) is 0.600. The second-order valence-corrected chi connectivity index (χ2v) is 5.90. The van der Waals surface area contributed by atoms with Crippen molar-refractivity contribution in [2.75, 3.05) is 32.9 Å². The molecular weight excluding hydrogens is 287 g/mol. The lowest BCUT2D eigenvalue weighted by Gasteiger charge is -2.40. The fourth-order valence-corrected chi connectivity index (χ4v) is 3.02. The number of carbonyl (C=O) groups is 1. The number of nitrogens with zero attached hydrogens (tertiary/aromatic N) is 1. The zero-order valence-electron chi connectivity index (χ0n) is 12.5. The zero-order valence-corrected chi connectivity index (χ0v) is 12.5. The van der Waals surface area contributed by atoms with E-state index >= 15 is 0 Å². The number of nitrogens with two attached hydrogens (primary N) is 1. The predicted molar refractivity (Wildman–Crippen MR) is 78.6 cm³/mol. The molecule has 2 aliphatic rings. The molecule has 6 heteroatoms. The van der Waals surface area contributed by atoms with Gasteiger partial charge in [0.1, 0.15) is 11.9 Å². The average molecular weight is 308 g/mol. The van der Waals surface area contributed by atoms with Gasteiger partial charge >= 0.3 is 0 Å². The van der Waals surface area contributed by atoms with Gasteiger partial charge in [-0.25, -0.2) is 4.39 Å². The summed E-state index contributed by atoms with van der Waals surface area (Å²) in [7, 11) is 0. The lowest BCUT2D eigenvalue weighted by molar-refractivity contribution is -0.148. The first-order chi connectivity index (χ1) is 10.6. The van der Waals surface area contributed by atoms with Crippen molar-refractivity contribution < 1.29 is 18.7 Å². The molecule has 22 heavy (non-hydrogen) atoms. The van der Waals surface area contributed by atoms with E-state index in [0.29, 0.717) is 51.3 Å². The highest BCUT2D eigenvalue weighted by Gasteiger charge is 2.40. The van der Waals surface area contributed by atoms with Gasteiger partial charge in [0.2, 0.25) is 5.91 Å². The summed E-state index contributed by atoms with van der Waals surface area (Å²) in [4.78, 5) is 14.4. The first-order valence-corrected chi connectivity index (χ1v) is 7.62. The molecule has 0 spiro atoms. The summed E-state index contributed by atoms with van der Waals surface area (Å²) in [6, 6.07) is 6.51. The van der Waals surface area contributed by atoms with Crippen LogP contribution in [-0.2, 0) is 14.3 Å². The SMILES string of the molecule is NC1(C(=O)N2CCOC(c3ccccc3F)C2)CCOCC1. The number of hydrogen-bond donors (Lipinski definition) is 1. The van der Waals surface area contributed by atoms with Crippen LogP contribution in [-0.4, -0.2) is 49.3 Å². The minimum Gasteiger partial charge on any atom is -0.381 e. The van der Waals surface area contributed by atoms with Crippen molar-refractivity contribution in [3.63, 3.8) is 0 Å². The van der Waals surface area contributed by atoms with Gasteiger partial charge in [-0.15, -0.1) is 0 Å². The smallest absolute Gasteiger partial charge is 0.243 e. The lowest BCUT2D eigenvalue weighted by Crippen LogP contribution is -2.60. The summed E-state index contributed by atoms with van der Waals surface area (Å²) in [6.45, 7) is 2.22. The number of morpholine rings is 1. The van der Waals surface area contributed by atoms with E-state index in [9.17, 15) is 9.18 Å². The molecule has 2 N–H and O–H groups in total. The van der Waals surface area contributed by atoms with Gasteiger partial charge in [0, 0.05) is 25.3 Å². The number of ether oxygens (including phenoxy) is 2. The lowest BCUT2D eigenvalue weighted by atomic mass is 9.89. The molecule has 2 heterocycles. The Kier molecular flexibility index (Phi) is 4.42. The highest BCUT2D eigenvalue weighted by molar-refractivity contribution is 5.86. The van der Waals surface area contributed by atoms with Crippen LogP contribution in [0.15, 0.2) is 24.3 Å². The molecule has 120 valence electrons. The predicted octanol–water partition coefficient (Wildman–Crippen LogP) is 1.23. The Morgan fingerprint density at radius 3 is 2.73 bits per heavy atom. The summed E-state index contributed by atoms with van der Waals surface area (Å²) in [5.41, 5.74) is 5.88. The number of halogens is 1. The van der Waals surface area contributed by atoms with Crippen molar-refractivity contribution in [3.05, 3.63) is 35.6 Å². The average Bonchev–Trinajstić information content (AvgIpc) is 2.55. The maximum absolute atomic E-state index is 13.9. The second kappa shape index (κ2) is 6.32. The van der Waals surface area contributed by atoms with E-state index in [1.165, 1.54) is 6.07 Å². The van der Waals surface area contributed by atoms with Gasteiger partial charge in [0.15, 0.2) is 0 Å². The minimum absolute atomic E-state index is 0.0829. The van der Waals surface area contributed by atoms with Crippen LogP contribution in [0.4, 0.5) is 4.39 Å². The monoisotopic (exact) mass is 308 g/mol. The van der Waals surface area contributed by atoms with Gasteiger partial charge in [-0.1, -0.05) is 18.2 Å². The molecule has 5 nitrogen and oxygen atoms in total. The maximum Gasteiger partial charge on any atom is 0.243 e.